The van der Waals surface area contributed by atoms with E-state index < -0.39 is 5.25 Å². The van der Waals surface area contributed by atoms with Gasteiger partial charge in [-0.3, -0.25) is 14.5 Å². The first-order chi connectivity index (χ1) is 13.4. The molecule has 0 spiro atoms. The van der Waals surface area contributed by atoms with Crippen molar-refractivity contribution in [1.82, 2.24) is 4.90 Å². The monoisotopic (exact) mass is 459 g/mol. The number of amidine groups is 1. The number of nitrogens with zero attached hydrogens (tertiary/aromatic N) is 2. The van der Waals surface area contributed by atoms with Crippen molar-refractivity contribution >= 4 is 56.0 Å². The van der Waals surface area contributed by atoms with Gasteiger partial charge in [-0.25, -0.2) is 4.99 Å². The highest BCUT2D eigenvalue weighted by atomic mass is 79.9. The maximum atomic E-state index is 12.7. The van der Waals surface area contributed by atoms with Crippen LogP contribution in [0.5, 0.6) is 0 Å². The number of carbonyl (C=O) groups excluding carboxylic acids is 2. The molecule has 1 N–H and O–H groups in total. The predicted molar refractivity (Wildman–Crippen MR) is 119 cm³/mol. The van der Waals surface area contributed by atoms with Crippen LogP contribution in [0.2, 0.25) is 0 Å². The normalized spacial score (nSPS) is 18.4. The van der Waals surface area contributed by atoms with E-state index in [1.807, 2.05) is 63.2 Å². The van der Waals surface area contributed by atoms with Crippen LogP contribution in [0.4, 0.5) is 11.4 Å². The summed E-state index contributed by atoms with van der Waals surface area (Å²) in [6.07, 6.45) is 0.160. The third-order valence-electron chi connectivity index (χ3n) is 4.58. The summed E-state index contributed by atoms with van der Waals surface area (Å²) in [6.45, 7) is 6.52. The lowest BCUT2D eigenvalue weighted by molar-refractivity contribution is -0.129. The topological polar surface area (TPSA) is 61.8 Å². The molecule has 3 rings (SSSR count). The number of benzene rings is 2. The van der Waals surface area contributed by atoms with Crippen LogP contribution in [0.3, 0.4) is 0 Å². The number of hydrogen-bond acceptors (Lipinski definition) is 4. The third kappa shape index (κ3) is 4.83. The smallest absolute Gasteiger partial charge is 0.238 e. The number of aliphatic imine (C=N–C) groups is 1. The number of halogens is 1. The molecule has 2 aromatic rings. The summed E-state index contributed by atoms with van der Waals surface area (Å²) in [7, 11) is 0. The van der Waals surface area contributed by atoms with Crippen molar-refractivity contribution in [3.8, 4) is 0 Å². The highest BCUT2D eigenvalue weighted by molar-refractivity contribution is 9.10. The molecule has 146 valence electrons. The van der Waals surface area contributed by atoms with Gasteiger partial charge >= 0.3 is 0 Å². The molecule has 1 unspecified atom stereocenters. The number of nitrogens with one attached hydrogen (secondary N) is 1. The molecule has 0 bridgehead atoms. The molecule has 7 heteroatoms. The first-order valence-electron chi connectivity index (χ1n) is 9.06. The van der Waals surface area contributed by atoms with Crippen molar-refractivity contribution in [2.45, 2.75) is 32.4 Å². The van der Waals surface area contributed by atoms with Gasteiger partial charge in [0.05, 0.1) is 5.69 Å². The van der Waals surface area contributed by atoms with Gasteiger partial charge in [-0.1, -0.05) is 33.8 Å². The van der Waals surface area contributed by atoms with Crippen molar-refractivity contribution in [1.29, 1.82) is 0 Å². The molecule has 1 aliphatic rings. The molecule has 1 heterocycles. The zero-order valence-electron chi connectivity index (χ0n) is 16.0. The number of hydrogen-bond donors (Lipinski definition) is 1. The van der Waals surface area contributed by atoms with Crippen LogP contribution < -0.4 is 5.32 Å². The van der Waals surface area contributed by atoms with Crippen LogP contribution in [-0.2, 0) is 9.59 Å². The van der Waals surface area contributed by atoms with Crippen molar-refractivity contribution in [3.63, 3.8) is 0 Å². The fraction of sp³-hybridized carbons (Fsp3) is 0.286. The van der Waals surface area contributed by atoms with Crippen LogP contribution in [-0.4, -0.2) is 33.7 Å². The minimum absolute atomic E-state index is 0.0835. The van der Waals surface area contributed by atoms with Gasteiger partial charge in [0.15, 0.2) is 5.17 Å². The summed E-state index contributed by atoms with van der Waals surface area (Å²) in [6, 6.07) is 13.3. The summed E-state index contributed by atoms with van der Waals surface area (Å²) in [5, 5.41) is 2.94. The Morgan fingerprint density at radius 2 is 1.93 bits per heavy atom. The molecule has 1 fully saturated rings. The van der Waals surface area contributed by atoms with Crippen LogP contribution in [0.25, 0.3) is 0 Å². The van der Waals surface area contributed by atoms with Gasteiger partial charge in [0.25, 0.3) is 0 Å². The van der Waals surface area contributed by atoms with E-state index in [9.17, 15) is 9.59 Å². The molecule has 28 heavy (non-hydrogen) atoms. The van der Waals surface area contributed by atoms with Gasteiger partial charge < -0.3 is 5.32 Å². The van der Waals surface area contributed by atoms with Crippen molar-refractivity contribution in [2.24, 2.45) is 4.99 Å². The Kier molecular flexibility index (Phi) is 6.57. The van der Waals surface area contributed by atoms with E-state index in [1.54, 1.807) is 4.90 Å². The maximum absolute atomic E-state index is 12.7. The molecule has 1 aliphatic heterocycles. The molecule has 2 aromatic carbocycles. The minimum Gasteiger partial charge on any atom is -0.325 e. The second kappa shape index (κ2) is 8.92. The van der Waals surface area contributed by atoms with Gasteiger partial charge in [0.1, 0.15) is 5.25 Å². The van der Waals surface area contributed by atoms with Crippen molar-refractivity contribution < 1.29 is 9.59 Å². The molecule has 0 aliphatic carbocycles. The Labute approximate surface area is 177 Å². The van der Waals surface area contributed by atoms with Crippen molar-refractivity contribution in [3.05, 3.63) is 58.1 Å². The fourth-order valence-electron chi connectivity index (χ4n) is 2.81. The number of amides is 2. The minimum atomic E-state index is -0.510. The van der Waals surface area contributed by atoms with E-state index in [4.69, 9.17) is 0 Å². The lowest BCUT2D eigenvalue weighted by Crippen LogP contribution is -2.45. The zero-order chi connectivity index (χ0) is 20.3. The quantitative estimate of drug-likeness (QED) is 0.695. The average molecular weight is 460 g/mol. The lowest BCUT2D eigenvalue weighted by Gasteiger charge is -2.31. The predicted octanol–water partition coefficient (Wildman–Crippen LogP) is 5.05. The highest BCUT2D eigenvalue weighted by Crippen LogP contribution is 2.30. The Hall–Kier alpha value is -2.12. The summed E-state index contributed by atoms with van der Waals surface area (Å²) >= 11 is 4.71. The zero-order valence-corrected chi connectivity index (χ0v) is 18.4. The Morgan fingerprint density at radius 3 is 2.57 bits per heavy atom. The summed E-state index contributed by atoms with van der Waals surface area (Å²) in [4.78, 5) is 31.6. The van der Waals surface area contributed by atoms with E-state index in [2.05, 4.69) is 26.2 Å². The maximum Gasteiger partial charge on any atom is 0.238 e. The lowest BCUT2D eigenvalue weighted by atomic mass is 10.1. The molecule has 0 aromatic heterocycles. The second-order valence-electron chi connectivity index (χ2n) is 6.61. The summed E-state index contributed by atoms with van der Waals surface area (Å²) < 4.78 is 0.939. The van der Waals surface area contributed by atoms with Gasteiger partial charge in [0, 0.05) is 23.1 Å². The molecule has 1 atom stereocenters. The number of anilines is 1. The third-order valence-corrected chi connectivity index (χ3v) is 6.29. The Balaban J connectivity index is 1.82. The summed E-state index contributed by atoms with van der Waals surface area (Å²) in [5.74, 6) is -0.274. The van der Waals surface area contributed by atoms with Crippen LogP contribution in [0, 0.1) is 13.8 Å². The van der Waals surface area contributed by atoms with E-state index in [-0.39, 0.29) is 18.2 Å². The molecule has 2 amide bonds. The van der Waals surface area contributed by atoms with E-state index in [1.165, 1.54) is 17.3 Å². The van der Waals surface area contributed by atoms with Gasteiger partial charge in [-0.15, -0.1) is 0 Å². The second-order valence-corrected chi connectivity index (χ2v) is 8.69. The first-order valence-corrected chi connectivity index (χ1v) is 10.7. The molecular formula is C21H22BrN3O2S. The van der Waals surface area contributed by atoms with Crippen molar-refractivity contribution in [2.75, 3.05) is 11.9 Å². The van der Waals surface area contributed by atoms with Gasteiger partial charge in [0.2, 0.25) is 11.8 Å². The molecule has 1 saturated heterocycles. The SMILES string of the molecule is CCN1C(=O)CC(C(=O)Nc2ccc(Br)cc2)SC1=Nc1ccc(C)c(C)c1. The Morgan fingerprint density at radius 1 is 1.21 bits per heavy atom. The van der Waals surface area contributed by atoms with Gasteiger partial charge in [-0.05, 0) is 68.3 Å². The van der Waals surface area contributed by atoms with Crippen LogP contribution in [0.15, 0.2) is 51.9 Å². The standard InChI is InChI=1S/C21H22BrN3O2S/c1-4-25-19(26)12-18(20(27)23-16-9-6-15(22)7-10-16)28-21(25)24-17-8-5-13(2)14(3)11-17/h5-11,18H,4,12H2,1-3H3,(H,23,27). The first kappa shape index (κ1) is 20.6. The highest BCUT2D eigenvalue weighted by Gasteiger charge is 2.35. The fourth-order valence-corrected chi connectivity index (χ4v) is 4.24. The van der Waals surface area contributed by atoms with Crippen LogP contribution >= 0.6 is 27.7 Å². The molecule has 5 nitrogen and oxygen atoms in total. The van der Waals surface area contributed by atoms with Gasteiger partial charge in [-0.2, -0.15) is 0 Å². The molecular weight excluding hydrogens is 438 g/mol. The van der Waals surface area contributed by atoms with E-state index in [0.29, 0.717) is 17.4 Å². The Bertz CT molecular complexity index is 928. The van der Waals surface area contributed by atoms with Crippen LogP contribution in [0.1, 0.15) is 24.5 Å². The average Bonchev–Trinajstić information content (AvgIpc) is 2.66. The number of thioether (sulfide) groups is 1. The largest absolute Gasteiger partial charge is 0.325 e. The number of rotatable bonds is 4. The molecule has 0 saturated carbocycles. The van der Waals surface area contributed by atoms with E-state index >= 15 is 0 Å². The number of aryl methyl sites for hydroxylation is 2. The van der Waals surface area contributed by atoms with E-state index in [0.717, 1.165) is 15.7 Å². The summed E-state index contributed by atoms with van der Waals surface area (Å²) in [5.41, 5.74) is 3.81. The molecule has 0 radical (unpaired) electrons. The number of carbonyl (C=O) groups is 2.